The molecule has 0 spiro atoms. The summed E-state index contributed by atoms with van der Waals surface area (Å²) in [6.07, 6.45) is 7.77. The van der Waals surface area contributed by atoms with Gasteiger partial charge in [0.25, 0.3) is 0 Å². The predicted octanol–water partition coefficient (Wildman–Crippen LogP) is 12.6. The van der Waals surface area contributed by atoms with E-state index in [2.05, 4.69) is 121 Å². The fraction of sp³-hybridized carbons (Fsp3) is 0.674. The fourth-order valence-corrected chi connectivity index (χ4v) is 11.8. The standard InChI is InChI=1S/C43H68O2S2/c1-39(2,3)31-23-29-27-46(15)35-21-19-17-18-20-22-36(35)47(16)28-30-24-32(40(4,5)6)26-34(42(10,11)12)38(30)45-43(13,14)44-37(29)33(25-31)41(7,8)9/h23-26,35-36H,15-22,27-28H2,1-14H3. The Labute approximate surface area is 295 Å². The number of fused-ring (bicyclic) bond motifs is 3. The lowest BCUT2D eigenvalue weighted by atomic mass is 9.79. The van der Waals surface area contributed by atoms with Crippen LogP contribution < -0.4 is 9.47 Å². The number of benzene rings is 2. The quantitative estimate of drug-likeness (QED) is 0.258. The summed E-state index contributed by atoms with van der Waals surface area (Å²) in [6.45, 7) is 32.1. The molecule has 1 fully saturated rings. The summed E-state index contributed by atoms with van der Waals surface area (Å²) in [5, 5.41) is 1.12. The largest absolute Gasteiger partial charge is 0.452 e. The Hall–Kier alpha value is -1.52. The van der Waals surface area contributed by atoms with Crippen molar-refractivity contribution < 1.29 is 9.47 Å². The minimum absolute atomic E-state index is 0.0237. The third kappa shape index (κ3) is 9.19. The van der Waals surface area contributed by atoms with E-state index in [0.29, 0.717) is 10.5 Å². The molecular weight excluding hydrogens is 613 g/mol. The van der Waals surface area contributed by atoms with Crippen molar-refractivity contribution in [2.24, 2.45) is 0 Å². The van der Waals surface area contributed by atoms with Crippen LogP contribution in [0.15, 0.2) is 24.3 Å². The van der Waals surface area contributed by atoms with E-state index >= 15 is 0 Å². The molecule has 1 heterocycles. The maximum absolute atomic E-state index is 7.24. The monoisotopic (exact) mass is 680 g/mol. The SMILES string of the molecule is C=S1Cc2cc(C(C)(C)C)cc(C(C)(C)C)c2OC(C)(C)Oc2c(cc(C(C)(C)C)cc2C(C)(C)C)CS(=C)C2CCCCCCC21. The van der Waals surface area contributed by atoms with Crippen molar-refractivity contribution >= 4 is 32.7 Å². The van der Waals surface area contributed by atoms with E-state index in [1.807, 2.05) is 0 Å². The average molecular weight is 681 g/mol. The highest BCUT2D eigenvalue weighted by atomic mass is 32.2. The lowest BCUT2D eigenvalue weighted by molar-refractivity contribution is -0.0836. The van der Waals surface area contributed by atoms with Crippen LogP contribution in [0.4, 0.5) is 0 Å². The van der Waals surface area contributed by atoms with Crippen LogP contribution in [0, 0.1) is 0 Å². The topological polar surface area (TPSA) is 18.5 Å². The summed E-state index contributed by atoms with van der Waals surface area (Å²) in [7, 11) is -0.135. The Kier molecular flexibility index (Phi) is 11.1. The molecule has 2 aromatic carbocycles. The maximum atomic E-state index is 7.24. The zero-order valence-corrected chi connectivity index (χ0v) is 34.3. The van der Waals surface area contributed by atoms with E-state index in [1.54, 1.807) is 0 Å². The van der Waals surface area contributed by atoms with E-state index in [4.69, 9.17) is 21.2 Å². The first-order chi connectivity index (χ1) is 21.4. The van der Waals surface area contributed by atoms with Gasteiger partial charge in [0, 0.05) is 58.1 Å². The smallest absolute Gasteiger partial charge is 0.245 e. The summed E-state index contributed by atoms with van der Waals surface area (Å²) in [6, 6.07) is 9.70. The molecule has 264 valence electrons. The van der Waals surface area contributed by atoms with Gasteiger partial charge in [-0.3, -0.25) is 0 Å². The Morgan fingerprint density at radius 1 is 0.553 bits per heavy atom. The lowest BCUT2D eigenvalue weighted by Gasteiger charge is -2.36. The molecule has 1 aliphatic carbocycles. The van der Waals surface area contributed by atoms with Gasteiger partial charge in [-0.15, -0.1) is 0 Å². The molecule has 2 aliphatic rings. The summed E-state index contributed by atoms with van der Waals surface area (Å²) < 4.78 is 14.5. The molecule has 47 heavy (non-hydrogen) atoms. The molecule has 4 heteroatoms. The van der Waals surface area contributed by atoms with Crippen molar-refractivity contribution in [3.8, 4) is 11.5 Å². The summed E-state index contributed by atoms with van der Waals surface area (Å²) in [4.78, 5) is 0. The van der Waals surface area contributed by atoms with E-state index in [9.17, 15) is 0 Å². The van der Waals surface area contributed by atoms with Crippen LogP contribution in [0.3, 0.4) is 0 Å². The number of ether oxygens (including phenoxy) is 2. The lowest BCUT2D eigenvalue weighted by Crippen LogP contribution is -2.38. The fourth-order valence-electron chi connectivity index (χ4n) is 7.12. The first-order valence-electron chi connectivity index (χ1n) is 18.1. The van der Waals surface area contributed by atoms with Crippen LogP contribution in [0.5, 0.6) is 11.5 Å². The van der Waals surface area contributed by atoms with Crippen molar-refractivity contribution in [3.05, 3.63) is 57.6 Å². The average Bonchev–Trinajstić information content (AvgIpc) is 2.87. The van der Waals surface area contributed by atoms with Gasteiger partial charge in [-0.1, -0.05) is 145 Å². The van der Waals surface area contributed by atoms with Crippen LogP contribution in [0.25, 0.3) is 0 Å². The zero-order chi connectivity index (χ0) is 35.3. The highest BCUT2D eigenvalue weighted by Gasteiger charge is 2.36. The predicted molar refractivity (Wildman–Crippen MR) is 215 cm³/mol. The molecular formula is C43H68O2S2. The normalized spacial score (nSPS) is 24.8. The van der Waals surface area contributed by atoms with Gasteiger partial charge in [0.1, 0.15) is 11.5 Å². The summed E-state index contributed by atoms with van der Waals surface area (Å²) in [5.41, 5.74) is 7.68. The second-order valence-electron chi connectivity index (χ2n) is 19.1. The van der Waals surface area contributed by atoms with Gasteiger partial charge in [0.05, 0.1) is 0 Å². The molecule has 0 aromatic heterocycles. The van der Waals surface area contributed by atoms with Crippen molar-refractivity contribution in [1.29, 1.82) is 0 Å². The van der Waals surface area contributed by atoms with Gasteiger partial charge in [-0.2, -0.15) is 21.0 Å². The van der Waals surface area contributed by atoms with Gasteiger partial charge in [-0.05, 0) is 45.6 Å². The zero-order valence-electron chi connectivity index (χ0n) is 32.7. The van der Waals surface area contributed by atoms with E-state index in [1.165, 1.54) is 71.9 Å². The van der Waals surface area contributed by atoms with Crippen molar-refractivity contribution in [1.82, 2.24) is 0 Å². The molecule has 0 amide bonds. The van der Waals surface area contributed by atoms with Gasteiger partial charge in [0.15, 0.2) is 0 Å². The third-order valence-electron chi connectivity index (χ3n) is 10.1. The van der Waals surface area contributed by atoms with Gasteiger partial charge in [-0.25, -0.2) is 0 Å². The highest BCUT2D eigenvalue weighted by Crippen LogP contribution is 2.49. The van der Waals surface area contributed by atoms with Crippen molar-refractivity contribution in [3.63, 3.8) is 0 Å². The van der Waals surface area contributed by atoms with Crippen LogP contribution >= 0.6 is 21.0 Å². The Morgan fingerprint density at radius 3 is 1.19 bits per heavy atom. The van der Waals surface area contributed by atoms with Gasteiger partial charge in [0.2, 0.25) is 5.79 Å². The molecule has 1 aliphatic heterocycles. The maximum Gasteiger partial charge on any atom is 0.245 e. The minimum Gasteiger partial charge on any atom is -0.452 e. The molecule has 0 radical (unpaired) electrons. The molecule has 1 saturated carbocycles. The van der Waals surface area contributed by atoms with Gasteiger partial charge >= 0.3 is 0 Å². The van der Waals surface area contributed by atoms with Crippen molar-refractivity contribution in [2.75, 3.05) is 0 Å². The van der Waals surface area contributed by atoms with Crippen LogP contribution in [0.2, 0.25) is 0 Å². The number of hydrogen-bond acceptors (Lipinski definition) is 2. The second kappa shape index (κ2) is 13.7. The number of hydrogen-bond donors (Lipinski definition) is 0. The third-order valence-corrected chi connectivity index (χ3v) is 14.4. The summed E-state index contributed by atoms with van der Waals surface area (Å²) >= 11 is 0. The molecule has 4 unspecified atom stereocenters. The van der Waals surface area contributed by atoms with Crippen LogP contribution in [-0.4, -0.2) is 28.0 Å². The Morgan fingerprint density at radius 2 is 0.894 bits per heavy atom. The Balaban J connectivity index is 2.07. The highest BCUT2D eigenvalue weighted by molar-refractivity contribution is 8.17. The molecule has 2 aromatic rings. The molecule has 4 rings (SSSR count). The molecule has 2 nitrogen and oxygen atoms in total. The minimum atomic E-state index is -0.897. The van der Waals surface area contributed by atoms with Crippen LogP contribution in [-0.2, 0) is 33.2 Å². The van der Waals surface area contributed by atoms with Gasteiger partial charge < -0.3 is 9.47 Å². The number of rotatable bonds is 0. The molecule has 0 bridgehead atoms. The second-order valence-corrected chi connectivity index (χ2v) is 23.0. The first kappa shape index (κ1) is 38.3. The van der Waals surface area contributed by atoms with E-state index < -0.39 is 5.79 Å². The molecule has 0 saturated heterocycles. The van der Waals surface area contributed by atoms with E-state index in [0.717, 1.165) is 23.0 Å². The first-order valence-corrected chi connectivity index (χ1v) is 21.4. The molecule has 4 atom stereocenters. The van der Waals surface area contributed by atoms with Crippen LogP contribution in [0.1, 0.15) is 169 Å². The molecule has 0 N–H and O–H groups in total. The summed E-state index contributed by atoms with van der Waals surface area (Å²) in [5.74, 6) is 13.0. The van der Waals surface area contributed by atoms with Crippen molar-refractivity contribution in [2.45, 2.75) is 185 Å². The Bertz CT molecular complexity index is 1370. The van der Waals surface area contributed by atoms with E-state index in [-0.39, 0.29) is 42.6 Å².